The van der Waals surface area contributed by atoms with E-state index >= 15 is 0 Å². The van der Waals surface area contributed by atoms with Crippen LogP contribution in [0.4, 0.5) is 0 Å². The molecule has 1 aliphatic carbocycles. The van der Waals surface area contributed by atoms with E-state index in [0.717, 1.165) is 12.8 Å². The van der Waals surface area contributed by atoms with Gasteiger partial charge in [-0.05, 0) is 12.8 Å². The highest BCUT2D eigenvalue weighted by atomic mass is 16.5. The summed E-state index contributed by atoms with van der Waals surface area (Å²) in [4.78, 5) is 26.4. The summed E-state index contributed by atoms with van der Waals surface area (Å²) in [6, 6.07) is 0.424. The molecule has 1 saturated carbocycles. The first-order chi connectivity index (χ1) is 8.56. The average molecular weight is 256 g/mol. The number of likely N-dealkylation sites (N-methyl/N-ethyl adjacent to an activating group) is 1. The van der Waals surface area contributed by atoms with Crippen LogP contribution in [0.5, 0.6) is 0 Å². The fraction of sp³-hybridized carbons (Fsp3) is 0.833. The van der Waals surface area contributed by atoms with Crippen molar-refractivity contribution in [3.63, 3.8) is 0 Å². The number of aliphatic carboxylic acids is 1. The molecule has 2 rings (SSSR count). The van der Waals surface area contributed by atoms with Gasteiger partial charge in [0, 0.05) is 26.2 Å². The van der Waals surface area contributed by atoms with Gasteiger partial charge in [-0.25, -0.2) is 0 Å². The molecule has 102 valence electrons. The summed E-state index contributed by atoms with van der Waals surface area (Å²) >= 11 is 0. The lowest BCUT2D eigenvalue weighted by atomic mass is 10.2. The minimum Gasteiger partial charge on any atom is -0.481 e. The molecule has 0 radical (unpaired) electrons. The Bertz CT molecular complexity index is 330. The maximum Gasteiger partial charge on any atom is 0.306 e. The topological polar surface area (TPSA) is 70.1 Å². The highest BCUT2D eigenvalue weighted by Gasteiger charge is 2.31. The van der Waals surface area contributed by atoms with Crippen LogP contribution in [0.1, 0.15) is 19.3 Å². The zero-order valence-corrected chi connectivity index (χ0v) is 10.7. The molecule has 0 aromatic carbocycles. The van der Waals surface area contributed by atoms with Gasteiger partial charge in [0.05, 0.1) is 25.7 Å². The minimum atomic E-state index is -0.858. The number of morpholine rings is 1. The second-order valence-electron chi connectivity index (χ2n) is 5.06. The van der Waals surface area contributed by atoms with Crippen LogP contribution in [0.25, 0.3) is 0 Å². The maximum atomic E-state index is 11.9. The van der Waals surface area contributed by atoms with Gasteiger partial charge in [-0.3, -0.25) is 14.5 Å². The van der Waals surface area contributed by atoms with E-state index in [-0.39, 0.29) is 18.4 Å². The normalized spacial score (nSPS) is 24.8. The molecule has 0 spiro atoms. The van der Waals surface area contributed by atoms with Crippen LogP contribution < -0.4 is 0 Å². The molecule has 0 bridgehead atoms. The number of hydrogen-bond acceptors (Lipinski definition) is 4. The van der Waals surface area contributed by atoms with Crippen molar-refractivity contribution in [1.29, 1.82) is 0 Å². The first-order valence-corrected chi connectivity index (χ1v) is 6.37. The van der Waals surface area contributed by atoms with E-state index in [9.17, 15) is 9.59 Å². The van der Waals surface area contributed by atoms with Crippen molar-refractivity contribution in [1.82, 2.24) is 9.80 Å². The van der Waals surface area contributed by atoms with Crippen molar-refractivity contribution >= 4 is 11.9 Å². The summed E-state index contributed by atoms with van der Waals surface area (Å²) in [6.45, 7) is 2.09. The summed E-state index contributed by atoms with van der Waals surface area (Å²) < 4.78 is 5.37. The average Bonchev–Trinajstić information content (AvgIpc) is 3.11. The van der Waals surface area contributed by atoms with E-state index in [0.29, 0.717) is 32.3 Å². The van der Waals surface area contributed by atoms with Gasteiger partial charge < -0.3 is 14.7 Å². The van der Waals surface area contributed by atoms with Gasteiger partial charge in [0.2, 0.25) is 5.91 Å². The van der Waals surface area contributed by atoms with E-state index in [1.54, 1.807) is 0 Å². The SMILES string of the molecule is CN(C(=O)CN1CCOC(CC(=O)O)C1)C1CC1. The Morgan fingerprint density at radius 3 is 2.78 bits per heavy atom. The largest absolute Gasteiger partial charge is 0.481 e. The molecule has 2 aliphatic rings. The summed E-state index contributed by atoms with van der Waals surface area (Å²) in [6.07, 6.45) is 1.92. The van der Waals surface area contributed by atoms with Crippen molar-refractivity contribution in [2.75, 3.05) is 33.3 Å². The third-order valence-corrected chi connectivity index (χ3v) is 3.47. The van der Waals surface area contributed by atoms with Crippen molar-refractivity contribution in [2.45, 2.75) is 31.4 Å². The van der Waals surface area contributed by atoms with Crippen LogP contribution in [0, 0.1) is 0 Å². The monoisotopic (exact) mass is 256 g/mol. The zero-order valence-electron chi connectivity index (χ0n) is 10.7. The van der Waals surface area contributed by atoms with Gasteiger partial charge in [-0.2, -0.15) is 0 Å². The Kier molecular flexibility index (Phi) is 4.19. The summed E-state index contributed by atoms with van der Waals surface area (Å²) in [5.74, 6) is -0.739. The number of nitrogens with zero attached hydrogens (tertiary/aromatic N) is 2. The molecule has 0 aromatic heterocycles. The smallest absolute Gasteiger partial charge is 0.306 e. The number of ether oxygens (including phenoxy) is 1. The van der Waals surface area contributed by atoms with Crippen molar-refractivity contribution in [3.8, 4) is 0 Å². The van der Waals surface area contributed by atoms with Gasteiger partial charge in [-0.15, -0.1) is 0 Å². The van der Waals surface area contributed by atoms with Crippen LogP contribution in [-0.2, 0) is 14.3 Å². The number of rotatable bonds is 5. The predicted molar refractivity (Wildman–Crippen MR) is 64.2 cm³/mol. The van der Waals surface area contributed by atoms with Gasteiger partial charge in [0.25, 0.3) is 0 Å². The van der Waals surface area contributed by atoms with Crippen LogP contribution in [0.2, 0.25) is 0 Å². The van der Waals surface area contributed by atoms with Crippen LogP contribution in [0.3, 0.4) is 0 Å². The van der Waals surface area contributed by atoms with Crippen molar-refractivity contribution in [3.05, 3.63) is 0 Å². The van der Waals surface area contributed by atoms with Gasteiger partial charge in [-0.1, -0.05) is 0 Å². The fourth-order valence-corrected chi connectivity index (χ4v) is 2.21. The highest BCUT2D eigenvalue weighted by molar-refractivity contribution is 5.78. The molecule has 1 unspecified atom stereocenters. The van der Waals surface area contributed by atoms with Gasteiger partial charge >= 0.3 is 5.97 Å². The maximum absolute atomic E-state index is 11.9. The summed E-state index contributed by atoms with van der Waals surface area (Å²) in [5.41, 5.74) is 0. The number of amides is 1. The number of carbonyl (C=O) groups excluding carboxylic acids is 1. The standard InChI is InChI=1S/C12H20N2O4/c1-13(9-2-3-9)11(15)8-14-4-5-18-10(7-14)6-12(16)17/h9-10H,2-8H2,1H3,(H,16,17). The van der Waals surface area contributed by atoms with Gasteiger partial charge in [0.15, 0.2) is 0 Å². The molecule has 1 N–H and O–H groups in total. The van der Waals surface area contributed by atoms with Crippen LogP contribution in [-0.4, -0.2) is 72.2 Å². The Morgan fingerprint density at radius 2 is 2.17 bits per heavy atom. The van der Waals surface area contributed by atoms with E-state index < -0.39 is 5.97 Å². The highest BCUT2D eigenvalue weighted by Crippen LogP contribution is 2.25. The van der Waals surface area contributed by atoms with E-state index in [1.165, 1.54) is 0 Å². The summed E-state index contributed by atoms with van der Waals surface area (Å²) in [7, 11) is 1.84. The molecule has 1 aliphatic heterocycles. The second kappa shape index (κ2) is 5.67. The predicted octanol–water partition coefficient (Wildman–Crippen LogP) is -0.217. The summed E-state index contributed by atoms with van der Waals surface area (Å²) in [5, 5.41) is 8.73. The van der Waals surface area contributed by atoms with E-state index in [4.69, 9.17) is 9.84 Å². The number of carboxylic acid groups (broad SMARTS) is 1. The quantitative estimate of drug-likeness (QED) is 0.736. The minimum absolute atomic E-state index is 0.00313. The first-order valence-electron chi connectivity index (χ1n) is 6.37. The number of carboxylic acids is 1. The molecule has 2 fully saturated rings. The molecule has 0 aromatic rings. The molecule has 1 atom stereocenters. The molecule has 6 nitrogen and oxygen atoms in total. The molecular weight excluding hydrogens is 236 g/mol. The van der Waals surface area contributed by atoms with E-state index in [1.807, 2.05) is 16.8 Å². The molecular formula is C12H20N2O4. The fourth-order valence-electron chi connectivity index (χ4n) is 2.21. The third-order valence-electron chi connectivity index (χ3n) is 3.47. The first kappa shape index (κ1) is 13.3. The molecule has 18 heavy (non-hydrogen) atoms. The molecule has 1 heterocycles. The van der Waals surface area contributed by atoms with Gasteiger partial charge in [0.1, 0.15) is 0 Å². The zero-order chi connectivity index (χ0) is 13.1. The third kappa shape index (κ3) is 3.68. The molecule has 1 amide bonds. The Balaban J connectivity index is 1.77. The molecule has 1 saturated heterocycles. The van der Waals surface area contributed by atoms with E-state index in [2.05, 4.69) is 0 Å². The Morgan fingerprint density at radius 1 is 1.44 bits per heavy atom. The second-order valence-corrected chi connectivity index (χ2v) is 5.06. The lowest BCUT2D eigenvalue weighted by Crippen LogP contribution is -2.48. The lowest BCUT2D eigenvalue weighted by Gasteiger charge is -2.32. The molecule has 6 heteroatoms. The van der Waals surface area contributed by atoms with Crippen LogP contribution >= 0.6 is 0 Å². The Hall–Kier alpha value is -1.14. The lowest BCUT2D eigenvalue weighted by molar-refractivity contribution is -0.142. The number of carbonyl (C=O) groups is 2. The number of hydrogen-bond donors (Lipinski definition) is 1. The van der Waals surface area contributed by atoms with Crippen LogP contribution in [0.15, 0.2) is 0 Å². The van der Waals surface area contributed by atoms with Crippen molar-refractivity contribution in [2.24, 2.45) is 0 Å². The Labute approximate surface area is 106 Å². The van der Waals surface area contributed by atoms with Crippen molar-refractivity contribution < 1.29 is 19.4 Å².